The van der Waals surface area contributed by atoms with Crippen LogP contribution in [0.3, 0.4) is 0 Å². The summed E-state index contributed by atoms with van der Waals surface area (Å²) in [5, 5.41) is 10.5. The topological polar surface area (TPSA) is 52.9 Å². The Balaban J connectivity index is 3.13. The highest BCUT2D eigenvalue weighted by molar-refractivity contribution is 5.95. The van der Waals surface area contributed by atoms with Crippen LogP contribution >= 0.6 is 0 Å². The van der Waals surface area contributed by atoms with Crippen molar-refractivity contribution in [2.75, 3.05) is 0 Å². The number of nitrogens with zero attached hydrogens (tertiary/aromatic N) is 1. The van der Waals surface area contributed by atoms with Crippen molar-refractivity contribution in [1.29, 1.82) is 5.26 Å². The van der Waals surface area contributed by atoms with Crippen molar-refractivity contribution < 1.29 is 22.4 Å². The summed E-state index contributed by atoms with van der Waals surface area (Å²) < 4.78 is 50.7. The van der Waals surface area contributed by atoms with Crippen LogP contribution in [0.4, 0.5) is 17.6 Å². The zero-order valence-corrected chi connectivity index (χ0v) is 9.18. The van der Waals surface area contributed by atoms with E-state index in [0.29, 0.717) is 6.07 Å². The number of hydrogen-bond donors (Lipinski definition) is 1. The number of amides is 1. The fraction of sp³-hybridized carbons (Fsp3) is 0.273. The zero-order chi connectivity index (χ0) is 13.9. The molecule has 0 aromatic heterocycles. The molecule has 1 aromatic rings. The Bertz CT molecular complexity index is 505. The van der Waals surface area contributed by atoms with Gasteiger partial charge in [-0.2, -0.15) is 18.4 Å². The Labute approximate surface area is 100 Å². The van der Waals surface area contributed by atoms with Gasteiger partial charge in [-0.3, -0.25) is 4.79 Å². The average molecular weight is 260 g/mol. The van der Waals surface area contributed by atoms with Gasteiger partial charge in [0.05, 0.1) is 17.2 Å². The molecule has 0 bridgehead atoms. The van der Waals surface area contributed by atoms with Crippen LogP contribution in [0.15, 0.2) is 18.2 Å². The number of halogens is 4. The normalized spacial score (nSPS) is 12.7. The lowest BCUT2D eigenvalue weighted by Gasteiger charge is -2.11. The van der Waals surface area contributed by atoms with Gasteiger partial charge < -0.3 is 5.32 Å². The summed E-state index contributed by atoms with van der Waals surface area (Å²) in [4.78, 5) is 11.4. The fourth-order valence-corrected chi connectivity index (χ4v) is 1.23. The first-order chi connectivity index (χ1) is 8.27. The van der Waals surface area contributed by atoms with Crippen molar-refractivity contribution in [3.05, 3.63) is 35.1 Å². The van der Waals surface area contributed by atoms with Gasteiger partial charge in [-0.05, 0) is 19.1 Å². The first-order valence-corrected chi connectivity index (χ1v) is 4.83. The Morgan fingerprint density at radius 2 is 2.06 bits per heavy atom. The second-order valence-corrected chi connectivity index (χ2v) is 3.49. The van der Waals surface area contributed by atoms with Gasteiger partial charge in [0.25, 0.3) is 5.91 Å². The lowest BCUT2D eigenvalue weighted by atomic mass is 10.1. The molecule has 0 spiro atoms. The van der Waals surface area contributed by atoms with E-state index in [1.54, 1.807) is 6.07 Å². The van der Waals surface area contributed by atoms with Crippen LogP contribution in [-0.4, -0.2) is 11.9 Å². The molecule has 1 N–H and O–H groups in total. The second kappa shape index (κ2) is 5.04. The van der Waals surface area contributed by atoms with Gasteiger partial charge in [0.1, 0.15) is 11.9 Å². The first kappa shape index (κ1) is 14.0. The smallest absolute Gasteiger partial charge is 0.336 e. The highest BCUT2D eigenvalue weighted by Crippen LogP contribution is 2.32. The molecule has 0 heterocycles. The number of hydrogen-bond acceptors (Lipinski definition) is 2. The molecule has 0 aliphatic carbocycles. The van der Waals surface area contributed by atoms with Gasteiger partial charge in [-0.25, -0.2) is 4.39 Å². The maximum absolute atomic E-state index is 13.5. The summed E-state index contributed by atoms with van der Waals surface area (Å²) in [5.41, 5.74) is -2.26. The van der Waals surface area contributed by atoms with Crippen LogP contribution in [0.2, 0.25) is 0 Å². The molecular formula is C11H8F4N2O. The van der Waals surface area contributed by atoms with Crippen molar-refractivity contribution in [2.45, 2.75) is 19.1 Å². The molecule has 1 amide bonds. The van der Waals surface area contributed by atoms with Crippen molar-refractivity contribution in [3.8, 4) is 6.07 Å². The Morgan fingerprint density at radius 3 is 2.56 bits per heavy atom. The number of nitriles is 1. The molecule has 0 fully saturated rings. The van der Waals surface area contributed by atoms with Crippen molar-refractivity contribution in [2.24, 2.45) is 0 Å². The third kappa shape index (κ3) is 2.97. The number of rotatable bonds is 2. The minimum atomic E-state index is -4.87. The van der Waals surface area contributed by atoms with Gasteiger partial charge in [-0.1, -0.05) is 6.07 Å². The molecule has 1 aromatic carbocycles. The SMILES string of the molecule is CC(C#N)NC(=O)c1cccc(C(F)(F)F)c1F. The number of carbonyl (C=O) groups excluding carboxylic acids is 1. The minimum absolute atomic E-state index is 0.542. The van der Waals surface area contributed by atoms with Crippen LogP contribution in [0.25, 0.3) is 0 Å². The summed E-state index contributed by atoms with van der Waals surface area (Å²) in [6.07, 6.45) is -4.87. The van der Waals surface area contributed by atoms with Crippen molar-refractivity contribution in [3.63, 3.8) is 0 Å². The van der Waals surface area contributed by atoms with Gasteiger partial charge >= 0.3 is 6.18 Å². The Morgan fingerprint density at radius 1 is 1.44 bits per heavy atom. The van der Waals surface area contributed by atoms with E-state index in [9.17, 15) is 22.4 Å². The number of alkyl halides is 3. The summed E-state index contributed by atoms with van der Waals surface area (Å²) >= 11 is 0. The fourth-order valence-electron chi connectivity index (χ4n) is 1.23. The zero-order valence-electron chi connectivity index (χ0n) is 9.18. The maximum atomic E-state index is 13.5. The van der Waals surface area contributed by atoms with E-state index < -0.39 is 35.1 Å². The third-order valence-electron chi connectivity index (χ3n) is 2.09. The molecule has 0 aliphatic heterocycles. The summed E-state index contributed by atoms with van der Waals surface area (Å²) in [7, 11) is 0. The molecule has 1 atom stereocenters. The van der Waals surface area contributed by atoms with Crippen LogP contribution < -0.4 is 5.32 Å². The van der Waals surface area contributed by atoms with E-state index in [-0.39, 0.29) is 0 Å². The quantitative estimate of drug-likeness (QED) is 0.830. The predicted molar refractivity (Wildman–Crippen MR) is 53.9 cm³/mol. The molecule has 7 heteroatoms. The standard InChI is InChI=1S/C11H8F4N2O/c1-6(5-16)17-10(18)7-3-2-4-8(9(7)12)11(13,14)15/h2-4,6H,1H3,(H,17,18). The molecule has 0 saturated heterocycles. The highest BCUT2D eigenvalue weighted by atomic mass is 19.4. The molecule has 0 radical (unpaired) electrons. The van der Waals surface area contributed by atoms with Gasteiger partial charge in [0.15, 0.2) is 0 Å². The monoisotopic (exact) mass is 260 g/mol. The second-order valence-electron chi connectivity index (χ2n) is 3.49. The summed E-state index contributed by atoms with van der Waals surface area (Å²) in [6, 6.07) is 3.12. The Kier molecular flexibility index (Phi) is 3.91. The highest BCUT2D eigenvalue weighted by Gasteiger charge is 2.35. The van der Waals surface area contributed by atoms with Gasteiger partial charge in [0, 0.05) is 0 Å². The molecule has 3 nitrogen and oxygen atoms in total. The van der Waals surface area contributed by atoms with Crippen LogP contribution in [0.1, 0.15) is 22.8 Å². The van der Waals surface area contributed by atoms with Gasteiger partial charge in [0.2, 0.25) is 0 Å². The van der Waals surface area contributed by atoms with Crippen LogP contribution in [0, 0.1) is 17.1 Å². The largest absolute Gasteiger partial charge is 0.419 e. The van der Waals surface area contributed by atoms with Crippen molar-refractivity contribution >= 4 is 5.91 Å². The molecular weight excluding hydrogens is 252 g/mol. The lowest BCUT2D eigenvalue weighted by molar-refractivity contribution is -0.140. The number of carbonyl (C=O) groups is 1. The average Bonchev–Trinajstić information content (AvgIpc) is 2.27. The lowest BCUT2D eigenvalue weighted by Crippen LogP contribution is -2.32. The van der Waals surface area contributed by atoms with Crippen molar-refractivity contribution in [1.82, 2.24) is 5.32 Å². The summed E-state index contributed by atoms with van der Waals surface area (Å²) in [6.45, 7) is 1.32. The predicted octanol–water partition coefficient (Wildman–Crippen LogP) is 2.49. The van der Waals surface area contributed by atoms with E-state index >= 15 is 0 Å². The summed E-state index contributed by atoms with van der Waals surface area (Å²) in [5.74, 6) is -2.71. The molecule has 1 unspecified atom stereocenters. The van der Waals surface area contributed by atoms with E-state index in [1.165, 1.54) is 6.92 Å². The molecule has 0 aliphatic rings. The molecule has 18 heavy (non-hydrogen) atoms. The van der Waals surface area contributed by atoms with Gasteiger partial charge in [-0.15, -0.1) is 0 Å². The van der Waals surface area contributed by atoms with E-state index in [1.807, 2.05) is 0 Å². The van der Waals surface area contributed by atoms with E-state index in [4.69, 9.17) is 5.26 Å². The maximum Gasteiger partial charge on any atom is 0.419 e. The van der Waals surface area contributed by atoms with E-state index in [2.05, 4.69) is 5.32 Å². The van der Waals surface area contributed by atoms with Crippen LogP contribution in [0.5, 0.6) is 0 Å². The van der Waals surface area contributed by atoms with Crippen LogP contribution in [-0.2, 0) is 6.18 Å². The third-order valence-corrected chi connectivity index (χ3v) is 2.09. The molecule has 96 valence electrons. The number of benzene rings is 1. The molecule has 0 saturated carbocycles. The minimum Gasteiger partial charge on any atom is -0.336 e. The Hall–Kier alpha value is -2.10. The number of nitrogens with one attached hydrogen (secondary N) is 1. The first-order valence-electron chi connectivity index (χ1n) is 4.83. The van der Waals surface area contributed by atoms with E-state index in [0.717, 1.165) is 12.1 Å². The molecule has 1 rings (SSSR count).